The van der Waals surface area contributed by atoms with Crippen LogP contribution in [0.4, 0.5) is 4.39 Å². The molecule has 1 aromatic rings. The third-order valence-electron chi connectivity index (χ3n) is 4.55. The van der Waals surface area contributed by atoms with Gasteiger partial charge in [-0.25, -0.2) is 4.39 Å². The minimum absolute atomic E-state index is 0.106. The number of piperidine rings is 1. The molecule has 0 unspecified atom stereocenters. The van der Waals surface area contributed by atoms with Crippen LogP contribution in [0, 0.1) is 5.82 Å². The number of rotatable bonds is 6. The maximum absolute atomic E-state index is 13.8. The van der Waals surface area contributed by atoms with E-state index < -0.39 is 0 Å². The van der Waals surface area contributed by atoms with Gasteiger partial charge in [0.05, 0.1) is 11.3 Å². The van der Waals surface area contributed by atoms with E-state index in [-0.39, 0.29) is 17.3 Å². The van der Waals surface area contributed by atoms with Gasteiger partial charge in [0.15, 0.2) is 0 Å². The number of carbonyl (C=O) groups excluding carboxylic acids is 1. The molecule has 128 valence electrons. The van der Waals surface area contributed by atoms with Crippen LogP contribution in [0.15, 0.2) is 18.3 Å². The van der Waals surface area contributed by atoms with Crippen molar-refractivity contribution >= 4 is 5.91 Å². The number of amides is 1. The van der Waals surface area contributed by atoms with E-state index in [1.165, 1.54) is 6.07 Å². The third kappa shape index (κ3) is 4.72. The van der Waals surface area contributed by atoms with E-state index in [4.69, 9.17) is 4.74 Å². The van der Waals surface area contributed by atoms with E-state index in [2.05, 4.69) is 9.88 Å². The van der Waals surface area contributed by atoms with Gasteiger partial charge in [0, 0.05) is 46.9 Å². The maximum atomic E-state index is 13.8. The van der Waals surface area contributed by atoms with Crippen LogP contribution in [-0.4, -0.2) is 60.6 Å². The molecular weight excluding hydrogens is 297 g/mol. The summed E-state index contributed by atoms with van der Waals surface area (Å²) in [5.41, 5.74) is 0.124. The van der Waals surface area contributed by atoms with Crippen molar-refractivity contribution in [2.75, 3.05) is 34.3 Å². The van der Waals surface area contributed by atoms with Crippen LogP contribution in [0.2, 0.25) is 0 Å². The Labute approximate surface area is 137 Å². The van der Waals surface area contributed by atoms with Crippen molar-refractivity contribution in [1.29, 1.82) is 0 Å². The van der Waals surface area contributed by atoms with Crippen molar-refractivity contribution in [3.8, 4) is 0 Å². The van der Waals surface area contributed by atoms with E-state index in [0.717, 1.165) is 19.4 Å². The highest BCUT2D eigenvalue weighted by atomic mass is 19.1. The number of ether oxygens (including phenoxy) is 1. The Hall–Kier alpha value is -1.53. The number of halogens is 1. The lowest BCUT2D eigenvalue weighted by Gasteiger charge is -2.42. The fraction of sp³-hybridized carbons (Fsp3) is 0.647. The van der Waals surface area contributed by atoms with Crippen molar-refractivity contribution in [2.45, 2.75) is 37.8 Å². The number of likely N-dealkylation sites (tertiary alicyclic amines) is 1. The van der Waals surface area contributed by atoms with Crippen LogP contribution in [-0.2, 0) is 16.1 Å². The fourth-order valence-electron chi connectivity index (χ4n) is 3.10. The molecule has 0 saturated carbocycles. The molecule has 5 nitrogen and oxygen atoms in total. The molecule has 0 radical (unpaired) electrons. The highest BCUT2D eigenvalue weighted by Crippen LogP contribution is 2.30. The van der Waals surface area contributed by atoms with Crippen LogP contribution in [0.1, 0.15) is 31.4 Å². The Morgan fingerprint density at radius 1 is 1.52 bits per heavy atom. The van der Waals surface area contributed by atoms with E-state index in [1.54, 1.807) is 38.4 Å². The normalized spacial score (nSPS) is 22.1. The van der Waals surface area contributed by atoms with Gasteiger partial charge in [0.2, 0.25) is 5.91 Å². The molecule has 2 rings (SSSR count). The molecule has 0 spiro atoms. The molecule has 23 heavy (non-hydrogen) atoms. The van der Waals surface area contributed by atoms with Crippen LogP contribution < -0.4 is 0 Å². The summed E-state index contributed by atoms with van der Waals surface area (Å²) in [7, 11) is 5.22. The summed E-state index contributed by atoms with van der Waals surface area (Å²) in [6.07, 6.45) is 4.65. The molecule has 0 aliphatic carbocycles. The van der Waals surface area contributed by atoms with Gasteiger partial charge in [0.25, 0.3) is 0 Å². The topological polar surface area (TPSA) is 45.7 Å². The van der Waals surface area contributed by atoms with E-state index in [0.29, 0.717) is 31.6 Å². The van der Waals surface area contributed by atoms with Crippen LogP contribution >= 0.6 is 0 Å². The lowest BCUT2D eigenvalue weighted by molar-refractivity contribution is -0.132. The molecule has 1 atom stereocenters. The monoisotopic (exact) mass is 323 g/mol. The van der Waals surface area contributed by atoms with Crippen molar-refractivity contribution in [3.05, 3.63) is 29.8 Å². The van der Waals surface area contributed by atoms with Gasteiger partial charge in [-0.1, -0.05) is 0 Å². The average molecular weight is 323 g/mol. The lowest BCUT2D eigenvalue weighted by atomic mass is 9.87. The fourth-order valence-corrected chi connectivity index (χ4v) is 3.10. The first kappa shape index (κ1) is 17.8. The van der Waals surface area contributed by atoms with E-state index >= 15 is 0 Å². The zero-order valence-electron chi connectivity index (χ0n) is 14.2. The molecule has 2 heterocycles. The predicted molar refractivity (Wildman–Crippen MR) is 86.4 cm³/mol. The summed E-state index contributed by atoms with van der Waals surface area (Å²) in [6.45, 7) is 2.06. The second kappa shape index (κ2) is 7.84. The van der Waals surface area contributed by atoms with Gasteiger partial charge in [-0.05, 0) is 37.9 Å². The summed E-state index contributed by atoms with van der Waals surface area (Å²) in [5.74, 6) is -0.168. The molecule has 0 bridgehead atoms. The second-order valence-corrected chi connectivity index (χ2v) is 6.42. The molecule has 6 heteroatoms. The zero-order chi connectivity index (χ0) is 16.9. The summed E-state index contributed by atoms with van der Waals surface area (Å²) in [6, 6.07) is 3.03. The van der Waals surface area contributed by atoms with Gasteiger partial charge >= 0.3 is 0 Å². The van der Waals surface area contributed by atoms with Crippen molar-refractivity contribution in [3.63, 3.8) is 0 Å². The second-order valence-electron chi connectivity index (χ2n) is 6.42. The Kier molecular flexibility index (Phi) is 6.07. The minimum Gasteiger partial charge on any atom is -0.377 e. The molecule has 1 aromatic heterocycles. The largest absolute Gasteiger partial charge is 0.377 e. The molecule has 1 aliphatic rings. The summed E-state index contributed by atoms with van der Waals surface area (Å²) < 4.78 is 19.6. The number of methoxy groups -OCH3 is 1. The lowest BCUT2D eigenvalue weighted by Crippen LogP contribution is -2.49. The molecule has 0 aromatic carbocycles. The van der Waals surface area contributed by atoms with Gasteiger partial charge in [-0.2, -0.15) is 0 Å². The first-order valence-corrected chi connectivity index (χ1v) is 8.03. The summed E-state index contributed by atoms with van der Waals surface area (Å²) >= 11 is 0. The SMILES string of the molecule is CO[C@@]1(CCC(=O)N(C)C)CCCN(Cc2ncccc2F)C1. The number of carbonyl (C=O) groups is 1. The first-order chi connectivity index (χ1) is 11.0. The highest BCUT2D eigenvalue weighted by molar-refractivity contribution is 5.75. The Balaban J connectivity index is 1.99. The van der Waals surface area contributed by atoms with Gasteiger partial charge in [0.1, 0.15) is 5.82 Å². The molecule has 1 aliphatic heterocycles. The van der Waals surface area contributed by atoms with Crippen molar-refractivity contribution < 1.29 is 13.9 Å². The van der Waals surface area contributed by atoms with Gasteiger partial charge < -0.3 is 9.64 Å². The van der Waals surface area contributed by atoms with Crippen molar-refractivity contribution in [1.82, 2.24) is 14.8 Å². The number of pyridine rings is 1. The number of aromatic nitrogens is 1. The number of hydrogen-bond donors (Lipinski definition) is 0. The van der Waals surface area contributed by atoms with Crippen LogP contribution in [0.25, 0.3) is 0 Å². The van der Waals surface area contributed by atoms with E-state index in [1.807, 2.05) is 0 Å². The Morgan fingerprint density at radius 3 is 2.96 bits per heavy atom. The highest BCUT2D eigenvalue weighted by Gasteiger charge is 2.36. The minimum atomic E-state index is -0.338. The smallest absolute Gasteiger partial charge is 0.222 e. The quantitative estimate of drug-likeness (QED) is 0.804. The van der Waals surface area contributed by atoms with Gasteiger partial charge in [-0.15, -0.1) is 0 Å². The Bertz CT molecular complexity index is 538. The zero-order valence-corrected chi connectivity index (χ0v) is 14.2. The predicted octanol–water partition coefficient (Wildman–Crippen LogP) is 2.07. The Morgan fingerprint density at radius 2 is 2.30 bits per heavy atom. The van der Waals surface area contributed by atoms with Crippen LogP contribution in [0.5, 0.6) is 0 Å². The average Bonchev–Trinajstić information content (AvgIpc) is 2.55. The third-order valence-corrected chi connectivity index (χ3v) is 4.55. The molecule has 1 fully saturated rings. The van der Waals surface area contributed by atoms with Crippen molar-refractivity contribution in [2.24, 2.45) is 0 Å². The molecule has 1 saturated heterocycles. The molecular formula is C17H26FN3O2. The first-order valence-electron chi connectivity index (χ1n) is 8.03. The maximum Gasteiger partial charge on any atom is 0.222 e. The summed E-state index contributed by atoms with van der Waals surface area (Å²) in [5, 5.41) is 0. The summed E-state index contributed by atoms with van der Waals surface area (Å²) in [4.78, 5) is 19.8. The molecule has 0 N–H and O–H groups in total. The number of hydrogen-bond acceptors (Lipinski definition) is 4. The van der Waals surface area contributed by atoms with Gasteiger partial charge in [-0.3, -0.25) is 14.7 Å². The standard InChI is InChI=1S/C17H26FN3O2/c1-20(2)16(22)7-9-17(23-3)8-5-11-21(13-17)12-15-14(18)6-4-10-19-15/h4,6,10H,5,7-9,11-13H2,1-3H3/t17-/m1/s1. The van der Waals surface area contributed by atoms with Crippen LogP contribution in [0.3, 0.4) is 0 Å². The van der Waals surface area contributed by atoms with E-state index in [9.17, 15) is 9.18 Å². The molecule has 1 amide bonds. The number of nitrogens with zero attached hydrogens (tertiary/aromatic N) is 3.